The molecule has 0 aliphatic carbocycles. The van der Waals surface area contributed by atoms with Crippen LogP contribution in [0.5, 0.6) is 0 Å². The van der Waals surface area contributed by atoms with E-state index in [2.05, 4.69) is 85.6 Å². The van der Waals surface area contributed by atoms with Crippen LogP contribution in [0.25, 0.3) is 0 Å². The van der Waals surface area contributed by atoms with Gasteiger partial charge in [0.25, 0.3) is 0 Å². The van der Waals surface area contributed by atoms with Crippen molar-refractivity contribution in [2.24, 2.45) is 0 Å². The van der Waals surface area contributed by atoms with Crippen molar-refractivity contribution in [3.63, 3.8) is 0 Å². The van der Waals surface area contributed by atoms with Gasteiger partial charge in [-0.2, -0.15) is 0 Å². The fraction of sp³-hybridized carbons (Fsp3) is 0.586. The second-order valence-corrected chi connectivity index (χ2v) is 23.0. The van der Waals surface area contributed by atoms with Gasteiger partial charge in [-0.05, 0) is 0 Å². The molecule has 1 atom stereocenters. The molecule has 176 valence electrons. The van der Waals surface area contributed by atoms with Gasteiger partial charge >= 0.3 is 203 Å². The number of unbranched alkanes of at least 4 members (excludes halogenated alkanes) is 3. The van der Waals surface area contributed by atoms with Gasteiger partial charge < -0.3 is 0 Å². The standard InChI is InChI=1S/C17H19N2.3C4H9.Sn/c1-3-7-15(8-4-1)17(16-9-5-2-6-10-16)19-13-11-18-12-14-19;3*1-3-4-2;/h1,3-10,17-18H,11-14H2;3*1,3-4H2,2H3;. The van der Waals surface area contributed by atoms with Crippen molar-refractivity contribution in [1.29, 1.82) is 0 Å². The van der Waals surface area contributed by atoms with E-state index in [-0.39, 0.29) is 0 Å². The topological polar surface area (TPSA) is 15.3 Å². The van der Waals surface area contributed by atoms with Crippen molar-refractivity contribution in [2.45, 2.75) is 78.6 Å². The van der Waals surface area contributed by atoms with E-state index < -0.39 is 18.4 Å². The molecule has 1 N–H and O–H groups in total. The van der Waals surface area contributed by atoms with Crippen LogP contribution in [0.1, 0.15) is 76.5 Å². The molecule has 1 fully saturated rings. The quantitative estimate of drug-likeness (QED) is 0.283. The molecule has 2 nitrogen and oxygen atoms in total. The molecule has 2 aromatic carbocycles. The van der Waals surface area contributed by atoms with Crippen molar-refractivity contribution < 1.29 is 0 Å². The van der Waals surface area contributed by atoms with E-state index in [1.165, 1.54) is 49.7 Å². The summed E-state index contributed by atoms with van der Waals surface area (Å²) in [6.45, 7) is 11.5. The van der Waals surface area contributed by atoms with E-state index in [1.807, 2.05) is 0 Å². The summed E-state index contributed by atoms with van der Waals surface area (Å²) in [7, 11) is 0. The molecule has 0 spiro atoms. The molecule has 0 saturated carbocycles. The monoisotopic (exact) mass is 542 g/mol. The van der Waals surface area contributed by atoms with Crippen LogP contribution in [0.2, 0.25) is 13.3 Å². The Morgan fingerprint density at radius 3 is 1.72 bits per heavy atom. The van der Waals surface area contributed by atoms with Crippen molar-refractivity contribution >= 4 is 22.0 Å². The zero-order chi connectivity index (χ0) is 22.7. The predicted molar refractivity (Wildman–Crippen MR) is 144 cm³/mol. The van der Waals surface area contributed by atoms with Crippen molar-refractivity contribution in [2.75, 3.05) is 26.2 Å². The summed E-state index contributed by atoms with van der Waals surface area (Å²) in [6.07, 6.45) is 8.31. The van der Waals surface area contributed by atoms with Crippen LogP contribution in [0.3, 0.4) is 0 Å². The Balaban J connectivity index is 1.93. The predicted octanol–water partition coefficient (Wildman–Crippen LogP) is 6.74. The maximum atomic E-state index is 3.53. The van der Waals surface area contributed by atoms with Gasteiger partial charge in [-0.15, -0.1) is 0 Å². The van der Waals surface area contributed by atoms with Gasteiger partial charge in [0.2, 0.25) is 0 Å². The third kappa shape index (κ3) is 6.84. The average molecular weight is 541 g/mol. The fourth-order valence-corrected chi connectivity index (χ4v) is 21.5. The Morgan fingerprint density at radius 1 is 0.719 bits per heavy atom. The SMILES string of the molecule is CCC[CH2][Sn]([CH2]CCC)([CH2]CCC)[c]1ccc(C(c2ccccc2)N2CCNCC2)cc1. The first kappa shape index (κ1) is 25.8. The summed E-state index contributed by atoms with van der Waals surface area (Å²) in [5.74, 6) is 0. The van der Waals surface area contributed by atoms with E-state index in [0.717, 1.165) is 26.2 Å². The van der Waals surface area contributed by atoms with Gasteiger partial charge in [-0.1, -0.05) is 0 Å². The van der Waals surface area contributed by atoms with Crippen LogP contribution >= 0.6 is 0 Å². The number of piperazine rings is 1. The second kappa shape index (κ2) is 13.8. The number of nitrogens with one attached hydrogen (secondary N) is 1. The van der Waals surface area contributed by atoms with E-state index in [4.69, 9.17) is 0 Å². The molecule has 1 unspecified atom stereocenters. The van der Waals surface area contributed by atoms with Crippen LogP contribution < -0.4 is 8.90 Å². The summed E-state index contributed by atoms with van der Waals surface area (Å²) < 4.78 is 6.43. The molecule has 32 heavy (non-hydrogen) atoms. The summed E-state index contributed by atoms with van der Waals surface area (Å²) in [5, 5.41) is 3.53. The molecule has 0 aromatic heterocycles. The van der Waals surface area contributed by atoms with E-state index in [9.17, 15) is 0 Å². The molecule has 0 amide bonds. The minimum absolute atomic E-state index is 0.374. The molecule has 3 heteroatoms. The number of rotatable bonds is 13. The van der Waals surface area contributed by atoms with Gasteiger partial charge in [0.1, 0.15) is 0 Å². The van der Waals surface area contributed by atoms with Gasteiger partial charge in [-0.25, -0.2) is 0 Å². The number of nitrogens with zero attached hydrogens (tertiary/aromatic N) is 1. The molecule has 0 radical (unpaired) electrons. The first-order valence-corrected chi connectivity index (χ1v) is 20.8. The Bertz CT molecular complexity index is 731. The van der Waals surface area contributed by atoms with Crippen molar-refractivity contribution in [1.82, 2.24) is 10.2 Å². The molecule has 3 rings (SSSR count). The first-order chi connectivity index (χ1) is 15.7. The Labute approximate surface area is 202 Å². The van der Waals surface area contributed by atoms with Crippen LogP contribution in [0.4, 0.5) is 0 Å². The Morgan fingerprint density at radius 2 is 1.22 bits per heavy atom. The summed E-state index contributed by atoms with van der Waals surface area (Å²) in [5.41, 5.74) is 2.91. The molecular weight excluding hydrogens is 495 g/mol. The Kier molecular flexibility index (Phi) is 11.1. The van der Waals surface area contributed by atoms with E-state index >= 15 is 0 Å². The Hall–Kier alpha value is -0.841. The zero-order valence-electron chi connectivity index (χ0n) is 20.9. The summed E-state index contributed by atoms with van der Waals surface area (Å²) in [6, 6.07) is 21.7. The van der Waals surface area contributed by atoms with Gasteiger partial charge in [0.05, 0.1) is 0 Å². The van der Waals surface area contributed by atoms with E-state index in [0.29, 0.717) is 6.04 Å². The van der Waals surface area contributed by atoms with Gasteiger partial charge in [0.15, 0.2) is 0 Å². The van der Waals surface area contributed by atoms with Crippen LogP contribution in [0.15, 0.2) is 54.6 Å². The molecule has 1 heterocycles. The first-order valence-electron chi connectivity index (χ1n) is 13.3. The fourth-order valence-electron chi connectivity index (χ4n) is 5.56. The third-order valence-corrected chi connectivity index (χ3v) is 23.2. The van der Waals surface area contributed by atoms with Crippen LogP contribution in [-0.2, 0) is 0 Å². The molecule has 2 aromatic rings. The molecule has 1 saturated heterocycles. The zero-order valence-corrected chi connectivity index (χ0v) is 23.8. The van der Waals surface area contributed by atoms with Gasteiger partial charge in [-0.3, -0.25) is 0 Å². The van der Waals surface area contributed by atoms with Gasteiger partial charge in [0, 0.05) is 0 Å². The van der Waals surface area contributed by atoms with Crippen molar-refractivity contribution in [3.05, 3.63) is 65.7 Å². The van der Waals surface area contributed by atoms with Crippen molar-refractivity contribution in [3.8, 4) is 0 Å². The van der Waals surface area contributed by atoms with E-state index in [1.54, 1.807) is 16.9 Å². The average Bonchev–Trinajstić information content (AvgIpc) is 2.86. The molecule has 1 aliphatic rings. The molecular formula is C29H46N2Sn. The summed E-state index contributed by atoms with van der Waals surface area (Å²) >= 11 is -2.35. The third-order valence-electron chi connectivity index (χ3n) is 7.50. The molecule has 1 aliphatic heterocycles. The normalized spacial score (nSPS) is 16.2. The number of hydrogen-bond donors (Lipinski definition) is 1. The summed E-state index contributed by atoms with van der Waals surface area (Å²) in [4.78, 5) is 2.67. The number of benzene rings is 2. The number of hydrogen-bond acceptors (Lipinski definition) is 2. The van der Waals surface area contributed by atoms with Crippen LogP contribution in [0, 0.1) is 0 Å². The molecule has 0 bridgehead atoms. The minimum atomic E-state index is -2.35. The second-order valence-electron chi connectivity index (χ2n) is 9.81. The van der Waals surface area contributed by atoms with Crippen LogP contribution in [-0.4, -0.2) is 49.5 Å². The maximum absolute atomic E-state index is 3.53.